The zero-order chi connectivity index (χ0) is 102. The average molecular weight is 1940 g/mol. The predicted octanol–water partition coefficient (Wildman–Crippen LogP) is 5.10. The Morgan fingerprint density at radius 3 is 1.01 bits per heavy atom. The number of rotatable bonds is 9. The number of fused-ring (bicyclic) bond motifs is 4. The van der Waals surface area contributed by atoms with Crippen LogP contribution in [0.1, 0.15) is 199 Å². The monoisotopic (exact) mass is 1940 g/mol. The van der Waals surface area contributed by atoms with E-state index in [2.05, 4.69) is 6.92 Å². The average Bonchev–Trinajstić information content (AvgIpc) is 0.783. The van der Waals surface area contributed by atoms with E-state index in [1.165, 1.54) is 32.3 Å². The van der Waals surface area contributed by atoms with E-state index in [1.54, 1.807) is 150 Å². The number of aliphatic hydroxyl groups excluding tert-OH is 17. The van der Waals surface area contributed by atoms with Crippen molar-refractivity contribution in [1.82, 2.24) is 0 Å². The van der Waals surface area contributed by atoms with Crippen molar-refractivity contribution in [2.24, 2.45) is 52.9 Å². The van der Waals surface area contributed by atoms with Gasteiger partial charge in [-0.3, -0.25) is 19.2 Å². The van der Waals surface area contributed by atoms with E-state index in [0.717, 1.165) is 6.32 Å². The summed E-state index contributed by atoms with van der Waals surface area (Å²) < 4.78 is 46.7. The summed E-state index contributed by atoms with van der Waals surface area (Å²) in [6.45, 7) is 17.8. The van der Waals surface area contributed by atoms with E-state index in [0.29, 0.717) is 0 Å². The highest BCUT2D eigenvalue weighted by atomic mass is 16.7. The molecule has 38 atom stereocenters. The first kappa shape index (κ1) is 124. The maximum atomic E-state index is 12.6. The first-order chi connectivity index (χ1) is 64.1. The molecule has 4 fully saturated rings. The molecule has 0 aromatic heterocycles. The van der Waals surface area contributed by atoms with Gasteiger partial charge in [0.25, 0.3) is 0 Å². The summed E-state index contributed by atoms with van der Waals surface area (Å²) >= 11 is 0. The standard InChI is InChI=1S/C48H75NO16.C47H73NO17.C5H11B.CH4/c1-28-18-16-14-12-10-8-6-7-9-11-13-15-17-19-36(64-47-45(58)43(49)29(2)31(4)63-47)25-40-42(46(59)60)39(55)27-48(61,65-40)26-35(52)23-38(54)37(53)21-20-33(50)22-34(51)24-41(56)62-32(5)30(3)44(28)57;1-27-17-15-13-11-9-7-5-6-8-10-12-14-16-18-34(64-46-44(58)41(48)43(57)30(4)63-46)24-38-40(45(59)60)37(54)26-47(61,65-38)25-33(51)22-36(53)35(52)20-19-31(49)21-32(50)23-39(55)62-29(3)28(2)42(27)56;1-2-3-4-5-6;/h6-19,28-40,42-45,47,50-55,57-58,61H,20-27,49H2,1-5H3,(H,59,60);5-18,27-38,40-44,46,49-54,56-58,61H,19-26,48H2,1-4H3,(H,59,60);2-5H2,1H3;1H4/b7-6+,10-8+,11-9+,14-12+,15-13+,18-16+,19-17+;6-5+,9-7+,10-8+,13-11+,14-12+,17-15+,18-16+;;/t28-,29+,30-,31+,32-,33+,34+,35-,36-,37+,38+,39-,40?,42+,43-,44+,45+,47-,48+;27-,28-,29-,30+,31+,32+,33-,34-,35+,36+,37-,38?,40+,41-,42+,43+,44-,46-,47+;;/m00../s1. The third kappa shape index (κ3) is 45.6. The summed E-state index contributed by atoms with van der Waals surface area (Å²) in [6.07, 6.45) is 14.4. The quantitative estimate of drug-likeness (QED) is 0.0811. The van der Waals surface area contributed by atoms with Gasteiger partial charge < -0.3 is 157 Å². The van der Waals surface area contributed by atoms with Crippen molar-refractivity contribution in [2.45, 2.75) is 394 Å². The lowest BCUT2D eigenvalue weighted by atomic mass is 9.82. The van der Waals surface area contributed by atoms with E-state index >= 15 is 0 Å². The topological polar surface area (TPSA) is 619 Å². The number of ether oxygens (including phenoxy) is 8. The van der Waals surface area contributed by atoms with Crippen molar-refractivity contribution >= 4 is 31.7 Å². The maximum Gasteiger partial charge on any atom is 0.311 e. The van der Waals surface area contributed by atoms with Gasteiger partial charge in [-0.1, -0.05) is 245 Å². The Labute approximate surface area is 809 Å². The zero-order valence-corrected chi connectivity index (χ0v) is 80.1. The number of hydrogen-bond donors (Lipinski definition) is 23. The molecular formula is C101H163BN2O33. The number of esters is 2. The summed E-state index contributed by atoms with van der Waals surface area (Å²) in [5.74, 6) is -13.7. The van der Waals surface area contributed by atoms with Crippen LogP contribution >= 0.6 is 0 Å². The number of aliphatic carboxylic acids is 2. The van der Waals surface area contributed by atoms with E-state index in [4.69, 9.17) is 57.2 Å². The van der Waals surface area contributed by atoms with Crippen molar-refractivity contribution < 1.29 is 164 Å². The molecule has 4 bridgehead atoms. The first-order valence-corrected chi connectivity index (χ1v) is 47.6. The minimum absolute atomic E-state index is 0. The highest BCUT2D eigenvalue weighted by Gasteiger charge is 2.54. The molecule has 6 aliphatic heterocycles. The Hall–Kier alpha value is -6.78. The van der Waals surface area contributed by atoms with Gasteiger partial charge in [0, 0.05) is 81.1 Å². The van der Waals surface area contributed by atoms with Crippen LogP contribution in [-0.4, -0.2) is 328 Å². The fraction of sp³-hybridized carbons (Fsp3) is 0.683. The maximum absolute atomic E-state index is 12.6. The van der Waals surface area contributed by atoms with Crippen molar-refractivity contribution in [3.05, 3.63) is 170 Å². The van der Waals surface area contributed by atoms with Crippen LogP contribution in [-0.2, 0) is 57.1 Å². The van der Waals surface area contributed by atoms with Crippen LogP contribution < -0.4 is 11.5 Å². The van der Waals surface area contributed by atoms with Crippen LogP contribution in [0.3, 0.4) is 0 Å². The second-order valence-electron chi connectivity index (χ2n) is 37.0. The van der Waals surface area contributed by atoms with E-state index < -0.39 is 288 Å². The van der Waals surface area contributed by atoms with Gasteiger partial charge in [-0.2, -0.15) is 0 Å². The van der Waals surface area contributed by atoms with Crippen molar-refractivity contribution in [3.63, 3.8) is 0 Å². The summed E-state index contributed by atoms with van der Waals surface area (Å²) in [7, 11) is 5.21. The van der Waals surface area contributed by atoms with E-state index in [9.17, 15) is 126 Å². The SMILES string of the molecule is C.C[C@@H]1[C@H](O)[C@@H](C)/C=C/C=C/C=C/C=C/C=C/C=C/C=C/[C@H](O[C@@H]2O[C@H](C)[C@@H](C)[C@H](N)[C@H]2O)CC2O[C@](O)(C[C@@H](O)C[C@@H](O)[C@H](O)CC[C@@H](O)C[C@@H](O)CC(=O)O[C@H]1C)C[C@H](O)[C@H]2C(=O)O.C[C@@H]1[C@H](O)[C@@H](C)/C=C/C=C/C=C/C=C/C=C/C=C/C=C/[C@H](O[C@@H]2O[C@H](C)[C@@H](O)[C@H](N)[C@@H]2O)CC2O[C@](O)(C[C@@H](O)C[C@@H](O)[C@H](O)CC[C@@H](O)C[C@@H](O)CC(=O)O[C@H]1C)C[C@H](O)[C@H]2C(=O)O.[B]CCCCC. The number of nitrogens with two attached hydrogens (primary N) is 2. The molecule has 0 saturated carbocycles. The predicted molar refractivity (Wildman–Crippen MR) is 514 cm³/mol. The third-order valence-corrected chi connectivity index (χ3v) is 25.3. The van der Waals surface area contributed by atoms with Gasteiger partial charge in [0.2, 0.25) is 0 Å². The molecule has 0 spiro atoms. The lowest BCUT2D eigenvalue weighted by Gasteiger charge is -2.45. The molecule has 25 N–H and O–H groups in total. The van der Waals surface area contributed by atoms with Crippen molar-refractivity contribution in [3.8, 4) is 0 Å². The van der Waals surface area contributed by atoms with Crippen molar-refractivity contribution in [1.29, 1.82) is 0 Å². The molecule has 4 saturated heterocycles. The lowest BCUT2D eigenvalue weighted by Crippen LogP contribution is -2.61. The number of cyclic esters (lactones) is 2. The van der Waals surface area contributed by atoms with E-state index in [-0.39, 0.29) is 76.5 Å². The van der Waals surface area contributed by atoms with Crippen LogP contribution in [0.25, 0.3) is 0 Å². The Morgan fingerprint density at radius 2 is 0.693 bits per heavy atom. The largest absolute Gasteiger partial charge is 0.481 e. The number of carbonyl (C=O) groups excluding carboxylic acids is 2. The number of aliphatic hydroxyl groups is 19. The molecule has 0 aromatic rings. The smallest absolute Gasteiger partial charge is 0.311 e. The van der Waals surface area contributed by atoms with Gasteiger partial charge in [-0.05, 0) is 72.1 Å². The van der Waals surface area contributed by atoms with E-state index in [1.807, 2.05) is 69.4 Å². The van der Waals surface area contributed by atoms with Crippen molar-refractivity contribution in [2.75, 3.05) is 0 Å². The minimum Gasteiger partial charge on any atom is -0.481 e. The van der Waals surface area contributed by atoms with Gasteiger partial charge in [0.15, 0.2) is 24.2 Å². The highest BCUT2D eigenvalue weighted by Crippen LogP contribution is 2.41. The molecule has 2 unspecified atom stereocenters. The number of carbonyl (C=O) groups is 4. The number of hydrogen-bond acceptors (Lipinski definition) is 33. The Morgan fingerprint density at radius 1 is 0.372 bits per heavy atom. The summed E-state index contributed by atoms with van der Waals surface area (Å²) in [4.78, 5) is 50.2. The molecule has 6 rings (SSSR count). The second kappa shape index (κ2) is 64.7. The number of allylic oxidation sites excluding steroid dienone is 24. The fourth-order valence-electron chi connectivity index (χ4n) is 16.5. The Balaban J connectivity index is 0.000000660. The summed E-state index contributed by atoms with van der Waals surface area (Å²) in [5, 5.41) is 226. The van der Waals surface area contributed by atoms with Crippen LogP contribution in [0, 0.1) is 41.4 Å². The number of unbranched alkanes of at least 4 members (excludes halogenated alkanes) is 2. The third-order valence-electron chi connectivity index (χ3n) is 25.3. The highest BCUT2D eigenvalue weighted by molar-refractivity contribution is 6.08. The second-order valence-corrected chi connectivity index (χ2v) is 37.0. The molecule has 6 heterocycles. The Bertz CT molecular complexity index is 3650. The Kier molecular flexibility index (Phi) is 58.7. The van der Waals surface area contributed by atoms with Gasteiger partial charge in [0.05, 0.1) is 155 Å². The molecule has 137 heavy (non-hydrogen) atoms. The normalized spacial score (nSPS) is 43.6. The molecule has 36 heteroatoms. The zero-order valence-electron chi connectivity index (χ0n) is 80.1. The molecule has 2 radical (unpaired) electrons. The minimum atomic E-state index is -2.33. The summed E-state index contributed by atoms with van der Waals surface area (Å²) in [6, 6.07) is -1.85. The summed E-state index contributed by atoms with van der Waals surface area (Å²) in [5.41, 5.74) is 12.3. The lowest BCUT2D eigenvalue weighted by molar-refractivity contribution is -0.309. The molecule has 0 aliphatic carbocycles. The van der Waals surface area contributed by atoms with Crippen LogP contribution in [0.4, 0.5) is 0 Å². The van der Waals surface area contributed by atoms with Crippen LogP contribution in [0.5, 0.6) is 0 Å². The molecule has 35 nitrogen and oxygen atoms in total. The number of carboxylic acids is 2. The fourth-order valence-corrected chi connectivity index (χ4v) is 16.5. The van der Waals surface area contributed by atoms with Gasteiger partial charge in [-0.15, -0.1) is 0 Å². The molecule has 0 aromatic carbocycles. The van der Waals surface area contributed by atoms with Gasteiger partial charge >= 0.3 is 23.9 Å². The first-order valence-electron chi connectivity index (χ1n) is 47.6. The van der Waals surface area contributed by atoms with Gasteiger partial charge in [0.1, 0.15) is 36.3 Å². The number of carboxylic acid groups (broad SMARTS) is 2. The van der Waals surface area contributed by atoms with Crippen LogP contribution in [0.15, 0.2) is 170 Å². The van der Waals surface area contributed by atoms with Crippen LogP contribution in [0.2, 0.25) is 6.32 Å². The molecule has 778 valence electrons. The molecule has 0 amide bonds. The molecular weight excluding hydrogens is 1780 g/mol. The molecule has 6 aliphatic rings. The van der Waals surface area contributed by atoms with Gasteiger partial charge in [-0.25, -0.2) is 0 Å².